The number of hydrogen-bond acceptors (Lipinski definition) is 4. The van der Waals surface area contributed by atoms with Crippen LogP contribution in [0.4, 0.5) is 5.69 Å². The SMILES string of the molecule is O=[N+]([O-])c1cc(C2CCCNC2)ccc1O. The van der Waals surface area contributed by atoms with Gasteiger partial charge in [0.2, 0.25) is 0 Å². The number of benzene rings is 1. The quantitative estimate of drug-likeness (QED) is 0.590. The molecule has 1 heterocycles. The predicted molar refractivity (Wildman–Crippen MR) is 59.6 cm³/mol. The van der Waals surface area contributed by atoms with Crippen LogP contribution in [0.25, 0.3) is 0 Å². The lowest BCUT2D eigenvalue weighted by molar-refractivity contribution is -0.385. The van der Waals surface area contributed by atoms with E-state index in [-0.39, 0.29) is 11.4 Å². The van der Waals surface area contributed by atoms with Gasteiger partial charge in [-0.3, -0.25) is 10.1 Å². The fraction of sp³-hybridized carbons (Fsp3) is 0.455. The summed E-state index contributed by atoms with van der Waals surface area (Å²) in [7, 11) is 0. The number of piperidine rings is 1. The summed E-state index contributed by atoms with van der Waals surface area (Å²) in [5.41, 5.74) is 0.722. The number of nitro benzene ring substituents is 1. The maximum atomic E-state index is 10.7. The Morgan fingerprint density at radius 3 is 2.94 bits per heavy atom. The number of nitrogens with one attached hydrogen (secondary N) is 1. The van der Waals surface area contributed by atoms with Gasteiger partial charge in [-0.25, -0.2) is 0 Å². The van der Waals surface area contributed by atoms with E-state index in [0.29, 0.717) is 5.92 Å². The second kappa shape index (κ2) is 4.49. The maximum Gasteiger partial charge on any atom is 0.310 e. The lowest BCUT2D eigenvalue weighted by Gasteiger charge is -2.22. The molecule has 0 spiro atoms. The highest BCUT2D eigenvalue weighted by molar-refractivity contribution is 5.48. The molecule has 0 saturated carbocycles. The lowest BCUT2D eigenvalue weighted by atomic mass is 9.91. The second-order valence-electron chi connectivity index (χ2n) is 4.05. The first-order valence-corrected chi connectivity index (χ1v) is 5.36. The summed E-state index contributed by atoms with van der Waals surface area (Å²) in [5, 5.41) is 23.3. The summed E-state index contributed by atoms with van der Waals surface area (Å²) >= 11 is 0. The van der Waals surface area contributed by atoms with Crippen molar-refractivity contribution in [3.05, 3.63) is 33.9 Å². The topological polar surface area (TPSA) is 75.4 Å². The van der Waals surface area contributed by atoms with Gasteiger partial charge in [0.25, 0.3) is 0 Å². The van der Waals surface area contributed by atoms with Crippen LogP contribution in [-0.4, -0.2) is 23.1 Å². The first kappa shape index (κ1) is 10.9. The van der Waals surface area contributed by atoms with E-state index in [2.05, 4.69) is 5.32 Å². The normalized spacial score (nSPS) is 20.6. The van der Waals surface area contributed by atoms with Crippen molar-refractivity contribution in [3.63, 3.8) is 0 Å². The van der Waals surface area contributed by atoms with Gasteiger partial charge in [0.15, 0.2) is 5.75 Å². The van der Waals surface area contributed by atoms with Gasteiger partial charge in [0.05, 0.1) is 4.92 Å². The minimum Gasteiger partial charge on any atom is -0.502 e. The summed E-state index contributed by atoms with van der Waals surface area (Å²) in [4.78, 5) is 10.1. The van der Waals surface area contributed by atoms with Crippen molar-refractivity contribution < 1.29 is 10.0 Å². The Balaban J connectivity index is 2.27. The van der Waals surface area contributed by atoms with Crippen molar-refractivity contribution in [3.8, 4) is 5.75 Å². The lowest BCUT2D eigenvalue weighted by Crippen LogP contribution is -2.28. The number of rotatable bonds is 2. The van der Waals surface area contributed by atoms with Crippen LogP contribution in [-0.2, 0) is 0 Å². The van der Waals surface area contributed by atoms with Crippen LogP contribution in [0.1, 0.15) is 24.3 Å². The third-order valence-electron chi connectivity index (χ3n) is 2.96. The van der Waals surface area contributed by atoms with E-state index in [0.717, 1.165) is 31.5 Å². The van der Waals surface area contributed by atoms with Gasteiger partial charge in [0.1, 0.15) is 0 Å². The zero-order chi connectivity index (χ0) is 11.5. The third kappa shape index (κ3) is 2.14. The smallest absolute Gasteiger partial charge is 0.310 e. The number of nitro groups is 1. The summed E-state index contributed by atoms with van der Waals surface area (Å²) in [6, 6.07) is 4.65. The molecule has 1 aliphatic heterocycles. The molecule has 1 unspecified atom stereocenters. The molecule has 0 bridgehead atoms. The molecule has 0 radical (unpaired) electrons. The second-order valence-corrected chi connectivity index (χ2v) is 4.05. The Bertz CT molecular complexity index is 400. The van der Waals surface area contributed by atoms with Crippen LogP contribution in [0.2, 0.25) is 0 Å². The minimum absolute atomic E-state index is 0.205. The fourth-order valence-electron chi connectivity index (χ4n) is 2.08. The van der Waals surface area contributed by atoms with Crippen molar-refractivity contribution in [2.24, 2.45) is 0 Å². The minimum atomic E-state index is -0.547. The largest absolute Gasteiger partial charge is 0.502 e. The van der Waals surface area contributed by atoms with Crippen molar-refractivity contribution in [2.75, 3.05) is 13.1 Å². The molecule has 1 aromatic rings. The highest BCUT2D eigenvalue weighted by Gasteiger charge is 2.20. The molecule has 1 atom stereocenters. The van der Waals surface area contributed by atoms with Crippen LogP contribution in [0.3, 0.4) is 0 Å². The van der Waals surface area contributed by atoms with Gasteiger partial charge in [-0.15, -0.1) is 0 Å². The average Bonchev–Trinajstić information content (AvgIpc) is 2.30. The maximum absolute atomic E-state index is 10.7. The molecule has 1 saturated heterocycles. The summed E-state index contributed by atoms with van der Waals surface area (Å²) in [5.74, 6) is 0.0468. The van der Waals surface area contributed by atoms with Crippen molar-refractivity contribution in [1.29, 1.82) is 0 Å². The van der Waals surface area contributed by atoms with Crippen molar-refractivity contribution >= 4 is 5.69 Å². The number of hydrogen-bond donors (Lipinski definition) is 2. The first-order chi connectivity index (χ1) is 7.68. The molecule has 5 heteroatoms. The average molecular weight is 222 g/mol. The molecular weight excluding hydrogens is 208 g/mol. The van der Waals surface area contributed by atoms with E-state index < -0.39 is 4.92 Å². The highest BCUT2D eigenvalue weighted by Crippen LogP contribution is 2.31. The van der Waals surface area contributed by atoms with E-state index in [9.17, 15) is 15.2 Å². The zero-order valence-electron chi connectivity index (χ0n) is 8.85. The standard InChI is InChI=1S/C11H14N2O3/c14-11-4-3-8(6-10(11)13(15)16)9-2-1-5-12-7-9/h3-4,6,9,12,14H,1-2,5,7H2. The van der Waals surface area contributed by atoms with Gasteiger partial charge in [-0.05, 0) is 36.9 Å². The van der Waals surface area contributed by atoms with Gasteiger partial charge in [-0.1, -0.05) is 6.07 Å². The van der Waals surface area contributed by atoms with E-state index in [1.54, 1.807) is 6.07 Å². The Morgan fingerprint density at radius 1 is 1.50 bits per heavy atom. The van der Waals surface area contributed by atoms with Gasteiger partial charge in [-0.2, -0.15) is 0 Å². The Labute approximate surface area is 93.2 Å². The molecule has 0 aliphatic carbocycles. The van der Waals surface area contributed by atoms with Crippen LogP contribution >= 0.6 is 0 Å². The van der Waals surface area contributed by atoms with Crippen LogP contribution in [0.15, 0.2) is 18.2 Å². The van der Waals surface area contributed by atoms with Crippen LogP contribution < -0.4 is 5.32 Å². The molecular formula is C11H14N2O3. The van der Waals surface area contributed by atoms with Gasteiger partial charge >= 0.3 is 5.69 Å². The van der Waals surface area contributed by atoms with Gasteiger partial charge < -0.3 is 10.4 Å². The highest BCUT2D eigenvalue weighted by atomic mass is 16.6. The van der Waals surface area contributed by atoms with E-state index in [1.807, 2.05) is 0 Å². The van der Waals surface area contributed by atoms with Crippen LogP contribution in [0.5, 0.6) is 5.75 Å². The van der Waals surface area contributed by atoms with E-state index in [1.165, 1.54) is 12.1 Å². The fourth-order valence-corrected chi connectivity index (χ4v) is 2.08. The van der Waals surface area contributed by atoms with E-state index >= 15 is 0 Å². The molecule has 16 heavy (non-hydrogen) atoms. The van der Waals surface area contributed by atoms with Gasteiger partial charge in [0, 0.05) is 12.6 Å². The summed E-state index contributed by atoms with van der Waals surface area (Å²) < 4.78 is 0. The molecule has 5 nitrogen and oxygen atoms in total. The molecule has 1 fully saturated rings. The van der Waals surface area contributed by atoms with Crippen molar-refractivity contribution in [2.45, 2.75) is 18.8 Å². The zero-order valence-corrected chi connectivity index (χ0v) is 8.85. The summed E-state index contributed by atoms with van der Waals surface area (Å²) in [6.45, 7) is 1.86. The Kier molecular flexibility index (Phi) is 3.05. The Hall–Kier alpha value is -1.62. The number of phenols is 1. The number of phenolic OH excluding ortho intramolecular Hbond substituents is 1. The monoisotopic (exact) mass is 222 g/mol. The summed E-state index contributed by atoms with van der Waals surface area (Å²) in [6.07, 6.45) is 2.12. The number of aromatic hydroxyl groups is 1. The molecule has 0 amide bonds. The van der Waals surface area contributed by atoms with Crippen LogP contribution in [0, 0.1) is 10.1 Å². The van der Waals surface area contributed by atoms with E-state index in [4.69, 9.17) is 0 Å². The third-order valence-corrected chi connectivity index (χ3v) is 2.96. The molecule has 0 aromatic heterocycles. The molecule has 86 valence electrons. The number of nitrogens with zero attached hydrogens (tertiary/aromatic N) is 1. The van der Waals surface area contributed by atoms with Crippen molar-refractivity contribution in [1.82, 2.24) is 5.32 Å². The molecule has 2 N–H and O–H groups in total. The molecule has 1 aromatic carbocycles. The molecule has 2 rings (SSSR count). The molecule has 1 aliphatic rings. The predicted octanol–water partition coefficient (Wildman–Crippen LogP) is 1.77. The first-order valence-electron chi connectivity index (χ1n) is 5.36. The Morgan fingerprint density at radius 2 is 2.31 bits per heavy atom.